The zero-order valence-electron chi connectivity index (χ0n) is 7.99. The van der Waals surface area contributed by atoms with Gasteiger partial charge in [-0.1, -0.05) is 12.1 Å². The lowest BCUT2D eigenvalue weighted by Crippen LogP contribution is -2.15. The number of fused-ring (bicyclic) bond motifs is 1. The molecule has 0 aromatic heterocycles. The number of esters is 1. The second-order valence-corrected chi connectivity index (χ2v) is 4.02. The third-order valence-electron chi connectivity index (χ3n) is 2.70. The zero-order valence-corrected chi connectivity index (χ0v) is 8.88. The van der Waals surface area contributed by atoms with Gasteiger partial charge < -0.3 is 4.74 Å². The molecule has 1 aliphatic carbocycles. The highest BCUT2D eigenvalue weighted by Crippen LogP contribution is 2.31. The van der Waals surface area contributed by atoms with Crippen LogP contribution in [0.3, 0.4) is 0 Å². The molecule has 0 fully saturated rings. The van der Waals surface area contributed by atoms with Crippen molar-refractivity contribution in [2.24, 2.45) is 5.92 Å². The Labute approximate surface area is 88.7 Å². The maximum absolute atomic E-state index is 11.3. The quantitative estimate of drug-likeness (QED) is 0.563. The van der Waals surface area contributed by atoms with Crippen molar-refractivity contribution in [3.05, 3.63) is 29.3 Å². The molecule has 2 nitrogen and oxygen atoms in total. The monoisotopic (exact) mass is 208 g/mol. The molecule has 74 valence electrons. The standard InChI is InChI=1S/C11H12O2S/c1-13-11(12)8-5-7-3-2-4-10(14)9(7)6-8/h2-4,8,14H,5-6H2,1H3/t8-/m1/s1. The van der Waals surface area contributed by atoms with Gasteiger partial charge in [-0.3, -0.25) is 4.79 Å². The maximum atomic E-state index is 11.3. The Morgan fingerprint density at radius 1 is 1.50 bits per heavy atom. The van der Waals surface area contributed by atoms with Crippen molar-refractivity contribution in [3.8, 4) is 0 Å². The van der Waals surface area contributed by atoms with E-state index < -0.39 is 0 Å². The average molecular weight is 208 g/mol. The van der Waals surface area contributed by atoms with Crippen molar-refractivity contribution in [2.75, 3.05) is 7.11 Å². The molecule has 0 bridgehead atoms. The summed E-state index contributed by atoms with van der Waals surface area (Å²) in [6.07, 6.45) is 1.55. The molecule has 1 aliphatic rings. The Kier molecular flexibility index (Phi) is 2.50. The van der Waals surface area contributed by atoms with Crippen LogP contribution in [0.15, 0.2) is 23.1 Å². The first-order valence-electron chi connectivity index (χ1n) is 4.60. The largest absolute Gasteiger partial charge is 0.469 e. The molecule has 14 heavy (non-hydrogen) atoms. The van der Waals surface area contributed by atoms with Crippen molar-refractivity contribution in [1.82, 2.24) is 0 Å². The molecule has 0 aliphatic heterocycles. The topological polar surface area (TPSA) is 26.3 Å². The van der Waals surface area contributed by atoms with Crippen LogP contribution in [0.25, 0.3) is 0 Å². The molecule has 0 N–H and O–H groups in total. The maximum Gasteiger partial charge on any atom is 0.309 e. The second-order valence-electron chi connectivity index (χ2n) is 3.54. The van der Waals surface area contributed by atoms with Crippen molar-refractivity contribution in [3.63, 3.8) is 0 Å². The van der Waals surface area contributed by atoms with Crippen LogP contribution in [0.1, 0.15) is 11.1 Å². The van der Waals surface area contributed by atoms with E-state index in [1.165, 1.54) is 18.2 Å². The van der Waals surface area contributed by atoms with Gasteiger partial charge in [0.2, 0.25) is 0 Å². The minimum atomic E-state index is -0.117. The summed E-state index contributed by atoms with van der Waals surface area (Å²) < 4.78 is 4.74. The number of hydrogen-bond acceptors (Lipinski definition) is 3. The van der Waals surface area contributed by atoms with Crippen LogP contribution in [0.2, 0.25) is 0 Å². The van der Waals surface area contributed by atoms with Crippen LogP contribution >= 0.6 is 12.6 Å². The molecular formula is C11H12O2S. The molecule has 0 saturated heterocycles. The average Bonchev–Trinajstić information content (AvgIpc) is 2.62. The normalized spacial score (nSPS) is 19.1. The highest BCUT2D eigenvalue weighted by Gasteiger charge is 2.28. The lowest BCUT2D eigenvalue weighted by Gasteiger charge is -2.04. The first kappa shape index (κ1) is 9.59. The van der Waals surface area contributed by atoms with E-state index in [1.807, 2.05) is 12.1 Å². The van der Waals surface area contributed by atoms with E-state index in [9.17, 15) is 4.79 Å². The van der Waals surface area contributed by atoms with Gasteiger partial charge in [-0.2, -0.15) is 0 Å². The van der Waals surface area contributed by atoms with Gasteiger partial charge in [0.15, 0.2) is 0 Å². The molecule has 0 spiro atoms. The smallest absolute Gasteiger partial charge is 0.309 e. The van der Waals surface area contributed by atoms with Crippen LogP contribution < -0.4 is 0 Å². The van der Waals surface area contributed by atoms with Gasteiger partial charge in [0.25, 0.3) is 0 Å². The molecule has 0 radical (unpaired) electrons. The summed E-state index contributed by atoms with van der Waals surface area (Å²) in [5, 5.41) is 0. The van der Waals surface area contributed by atoms with E-state index in [2.05, 4.69) is 18.7 Å². The Balaban J connectivity index is 2.26. The summed E-state index contributed by atoms with van der Waals surface area (Å²) in [6, 6.07) is 5.99. The van der Waals surface area contributed by atoms with Crippen LogP contribution in [0.5, 0.6) is 0 Å². The highest BCUT2D eigenvalue weighted by molar-refractivity contribution is 7.80. The predicted molar refractivity (Wildman–Crippen MR) is 56.6 cm³/mol. The molecule has 0 unspecified atom stereocenters. The summed E-state index contributed by atoms with van der Waals surface area (Å²) in [5.74, 6) is -0.128. The number of thiol groups is 1. The second kappa shape index (κ2) is 3.65. The fourth-order valence-corrected chi connectivity index (χ4v) is 2.29. The third kappa shape index (κ3) is 1.52. The number of benzene rings is 1. The van der Waals surface area contributed by atoms with Gasteiger partial charge in [0, 0.05) is 4.90 Å². The Hall–Kier alpha value is -0.960. The lowest BCUT2D eigenvalue weighted by atomic mass is 10.1. The van der Waals surface area contributed by atoms with Gasteiger partial charge >= 0.3 is 5.97 Å². The van der Waals surface area contributed by atoms with Crippen LogP contribution in [0.4, 0.5) is 0 Å². The minimum absolute atomic E-state index is 0.0108. The highest BCUT2D eigenvalue weighted by atomic mass is 32.1. The van der Waals surface area contributed by atoms with E-state index in [-0.39, 0.29) is 11.9 Å². The summed E-state index contributed by atoms with van der Waals surface area (Å²) in [6.45, 7) is 0. The van der Waals surface area contributed by atoms with Crippen LogP contribution in [-0.4, -0.2) is 13.1 Å². The van der Waals surface area contributed by atoms with Gasteiger partial charge in [-0.15, -0.1) is 12.6 Å². The van der Waals surface area contributed by atoms with E-state index in [4.69, 9.17) is 4.74 Å². The number of methoxy groups -OCH3 is 1. The number of carbonyl (C=O) groups is 1. The van der Waals surface area contributed by atoms with E-state index in [1.54, 1.807) is 0 Å². The first-order valence-corrected chi connectivity index (χ1v) is 5.04. The first-order chi connectivity index (χ1) is 6.72. The van der Waals surface area contributed by atoms with E-state index in [0.29, 0.717) is 0 Å². The zero-order chi connectivity index (χ0) is 10.1. The van der Waals surface area contributed by atoms with Crippen LogP contribution in [-0.2, 0) is 22.4 Å². The lowest BCUT2D eigenvalue weighted by molar-refractivity contribution is -0.145. The molecule has 0 heterocycles. The number of hydrogen-bond donors (Lipinski definition) is 1. The van der Waals surface area contributed by atoms with Gasteiger partial charge in [0.05, 0.1) is 13.0 Å². The van der Waals surface area contributed by atoms with Crippen molar-refractivity contribution < 1.29 is 9.53 Å². The Morgan fingerprint density at radius 3 is 2.93 bits per heavy atom. The number of rotatable bonds is 1. The summed E-state index contributed by atoms with van der Waals surface area (Å²) >= 11 is 4.37. The van der Waals surface area contributed by atoms with Crippen LogP contribution in [0, 0.1) is 5.92 Å². The molecule has 1 atom stereocenters. The fraction of sp³-hybridized carbons (Fsp3) is 0.364. The van der Waals surface area contributed by atoms with Crippen molar-refractivity contribution >= 4 is 18.6 Å². The molecular weight excluding hydrogens is 196 g/mol. The van der Waals surface area contributed by atoms with Gasteiger partial charge in [0.1, 0.15) is 0 Å². The molecule has 2 rings (SSSR count). The predicted octanol–water partition coefficient (Wildman–Crippen LogP) is 1.86. The third-order valence-corrected chi connectivity index (χ3v) is 3.12. The molecule has 3 heteroatoms. The van der Waals surface area contributed by atoms with Gasteiger partial charge in [-0.05, 0) is 30.0 Å². The Morgan fingerprint density at radius 2 is 2.29 bits per heavy atom. The number of ether oxygens (including phenoxy) is 1. The Bertz CT molecular complexity index is 374. The minimum Gasteiger partial charge on any atom is -0.469 e. The fourth-order valence-electron chi connectivity index (χ4n) is 1.97. The van der Waals surface area contributed by atoms with E-state index >= 15 is 0 Å². The van der Waals surface area contributed by atoms with Crippen molar-refractivity contribution in [2.45, 2.75) is 17.7 Å². The number of carbonyl (C=O) groups excluding carboxylic acids is 1. The van der Waals surface area contributed by atoms with E-state index in [0.717, 1.165) is 17.7 Å². The molecule has 1 aromatic rings. The summed E-state index contributed by atoms with van der Waals surface area (Å²) in [7, 11) is 1.44. The molecule has 0 amide bonds. The van der Waals surface area contributed by atoms with Crippen molar-refractivity contribution in [1.29, 1.82) is 0 Å². The SMILES string of the molecule is COC(=O)[C@@H]1Cc2cccc(S)c2C1. The van der Waals surface area contributed by atoms with Gasteiger partial charge in [-0.25, -0.2) is 0 Å². The molecule has 0 saturated carbocycles. The summed E-state index contributed by atoms with van der Waals surface area (Å²) in [5.41, 5.74) is 2.43. The molecule has 1 aromatic carbocycles. The summed E-state index contributed by atoms with van der Waals surface area (Å²) in [4.78, 5) is 12.3.